The van der Waals surface area contributed by atoms with Crippen LogP contribution in [0.15, 0.2) is 12.3 Å². The van der Waals surface area contributed by atoms with Crippen molar-refractivity contribution in [3.8, 4) is 5.88 Å². The molecule has 0 saturated carbocycles. The normalized spacial score (nSPS) is 11.9. The smallest absolute Gasteiger partial charge is 0.340 e. The van der Waals surface area contributed by atoms with Crippen LogP contribution in [0.4, 0.5) is 17.6 Å². The third-order valence-electron chi connectivity index (χ3n) is 2.18. The summed E-state index contributed by atoms with van der Waals surface area (Å²) in [6.45, 7) is 0.311. The minimum Gasteiger partial charge on any atom is -0.471 e. The first-order valence-electron chi connectivity index (χ1n) is 4.82. The SMILES string of the molecule is Cc1ccnc(OCC(F)(F)C(F)F)c1CN. The number of hydrogen-bond donors (Lipinski definition) is 1. The standard InChI is InChI=1S/C10H12F4N2O/c1-6-2-3-16-8(7(6)4-15)17-5-10(13,14)9(11)12/h2-3,9H,4-5,15H2,1H3. The Kier molecular flexibility index (Phi) is 4.28. The number of aromatic nitrogens is 1. The average Bonchev–Trinajstić information content (AvgIpc) is 2.26. The molecule has 1 aromatic rings. The summed E-state index contributed by atoms with van der Waals surface area (Å²) >= 11 is 0. The van der Waals surface area contributed by atoms with Crippen LogP contribution in [0.3, 0.4) is 0 Å². The zero-order valence-corrected chi connectivity index (χ0v) is 9.09. The van der Waals surface area contributed by atoms with E-state index in [1.54, 1.807) is 13.0 Å². The number of aryl methyl sites for hydroxylation is 1. The largest absolute Gasteiger partial charge is 0.471 e. The van der Waals surface area contributed by atoms with Crippen molar-refractivity contribution in [2.45, 2.75) is 25.8 Å². The second-order valence-corrected chi connectivity index (χ2v) is 3.47. The van der Waals surface area contributed by atoms with Gasteiger partial charge < -0.3 is 10.5 Å². The van der Waals surface area contributed by atoms with E-state index in [2.05, 4.69) is 9.72 Å². The van der Waals surface area contributed by atoms with Gasteiger partial charge in [-0.3, -0.25) is 0 Å². The quantitative estimate of drug-likeness (QED) is 0.816. The van der Waals surface area contributed by atoms with E-state index in [1.807, 2.05) is 0 Å². The van der Waals surface area contributed by atoms with Crippen LogP contribution in [0.2, 0.25) is 0 Å². The Morgan fingerprint density at radius 2 is 2.12 bits per heavy atom. The van der Waals surface area contributed by atoms with Gasteiger partial charge in [-0.05, 0) is 18.6 Å². The summed E-state index contributed by atoms with van der Waals surface area (Å²) in [5.41, 5.74) is 6.53. The van der Waals surface area contributed by atoms with Gasteiger partial charge in [-0.1, -0.05) is 0 Å². The van der Waals surface area contributed by atoms with E-state index in [0.29, 0.717) is 11.1 Å². The van der Waals surface area contributed by atoms with E-state index in [4.69, 9.17) is 5.73 Å². The average molecular weight is 252 g/mol. The minimum absolute atomic E-state index is 0.0370. The fraction of sp³-hybridized carbons (Fsp3) is 0.500. The molecule has 0 spiro atoms. The molecule has 0 aliphatic carbocycles. The molecule has 0 bridgehead atoms. The fourth-order valence-electron chi connectivity index (χ4n) is 1.16. The summed E-state index contributed by atoms with van der Waals surface area (Å²) < 4.78 is 53.7. The molecule has 1 heterocycles. The highest BCUT2D eigenvalue weighted by atomic mass is 19.3. The summed E-state index contributed by atoms with van der Waals surface area (Å²) in [4.78, 5) is 3.69. The molecule has 0 radical (unpaired) electrons. The summed E-state index contributed by atoms with van der Waals surface area (Å²) in [6.07, 6.45) is -2.43. The van der Waals surface area contributed by atoms with Crippen LogP contribution in [-0.4, -0.2) is 23.9 Å². The molecular weight excluding hydrogens is 240 g/mol. The van der Waals surface area contributed by atoms with Crippen molar-refractivity contribution in [3.05, 3.63) is 23.4 Å². The van der Waals surface area contributed by atoms with Gasteiger partial charge in [0, 0.05) is 18.3 Å². The zero-order valence-electron chi connectivity index (χ0n) is 9.09. The van der Waals surface area contributed by atoms with Gasteiger partial charge in [-0.2, -0.15) is 8.78 Å². The van der Waals surface area contributed by atoms with Gasteiger partial charge in [0.25, 0.3) is 0 Å². The van der Waals surface area contributed by atoms with E-state index in [-0.39, 0.29) is 12.4 Å². The van der Waals surface area contributed by atoms with Gasteiger partial charge in [0.2, 0.25) is 5.88 Å². The first kappa shape index (κ1) is 13.7. The van der Waals surface area contributed by atoms with Gasteiger partial charge in [-0.25, -0.2) is 13.8 Å². The zero-order chi connectivity index (χ0) is 13.1. The molecule has 3 nitrogen and oxygen atoms in total. The summed E-state index contributed by atoms with van der Waals surface area (Å²) in [6, 6.07) is 1.63. The van der Waals surface area contributed by atoms with Crippen LogP contribution in [0.1, 0.15) is 11.1 Å². The Hall–Kier alpha value is -1.37. The Labute approximate surface area is 95.6 Å². The molecular formula is C10H12F4N2O. The van der Waals surface area contributed by atoms with Gasteiger partial charge in [0.1, 0.15) is 0 Å². The van der Waals surface area contributed by atoms with Crippen LogP contribution in [0, 0.1) is 6.92 Å². The Bertz CT molecular complexity index is 385. The molecule has 1 aromatic heterocycles. The molecule has 96 valence electrons. The highest BCUT2D eigenvalue weighted by molar-refractivity contribution is 5.33. The first-order chi connectivity index (χ1) is 7.88. The van der Waals surface area contributed by atoms with Crippen molar-refractivity contribution in [1.82, 2.24) is 4.98 Å². The van der Waals surface area contributed by atoms with E-state index in [9.17, 15) is 17.6 Å². The second kappa shape index (κ2) is 5.31. The molecule has 2 N–H and O–H groups in total. The van der Waals surface area contributed by atoms with Crippen molar-refractivity contribution in [1.29, 1.82) is 0 Å². The Balaban J connectivity index is 2.79. The summed E-state index contributed by atoms with van der Waals surface area (Å²) in [5.74, 6) is -4.33. The second-order valence-electron chi connectivity index (χ2n) is 3.47. The topological polar surface area (TPSA) is 48.1 Å². The maximum Gasteiger partial charge on any atom is 0.340 e. The summed E-state index contributed by atoms with van der Waals surface area (Å²) in [5, 5.41) is 0. The molecule has 0 aliphatic heterocycles. The van der Waals surface area contributed by atoms with Crippen molar-refractivity contribution in [2.24, 2.45) is 5.73 Å². The van der Waals surface area contributed by atoms with Crippen LogP contribution >= 0.6 is 0 Å². The number of nitrogens with two attached hydrogens (primary N) is 1. The van der Waals surface area contributed by atoms with Crippen LogP contribution in [0.5, 0.6) is 5.88 Å². The molecule has 0 amide bonds. The van der Waals surface area contributed by atoms with Crippen molar-refractivity contribution in [3.63, 3.8) is 0 Å². The first-order valence-corrected chi connectivity index (χ1v) is 4.82. The predicted octanol–water partition coefficient (Wildman–Crippen LogP) is 2.13. The maximum atomic E-state index is 12.6. The molecule has 1 rings (SSSR count). The number of nitrogens with zero attached hydrogens (tertiary/aromatic N) is 1. The highest BCUT2D eigenvalue weighted by Gasteiger charge is 2.42. The van der Waals surface area contributed by atoms with Crippen molar-refractivity contribution < 1.29 is 22.3 Å². The fourth-order valence-corrected chi connectivity index (χ4v) is 1.16. The molecule has 0 aliphatic rings. The molecule has 17 heavy (non-hydrogen) atoms. The minimum atomic E-state index is -4.20. The van der Waals surface area contributed by atoms with Gasteiger partial charge >= 0.3 is 12.3 Å². The predicted molar refractivity (Wildman–Crippen MR) is 53.3 cm³/mol. The summed E-state index contributed by atoms with van der Waals surface area (Å²) in [7, 11) is 0. The lowest BCUT2D eigenvalue weighted by Gasteiger charge is -2.17. The molecule has 0 fully saturated rings. The number of rotatable bonds is 5. The van der Waals surface area contributed by atoms with E-state index >= 15 is 0 Å². The lowest BCUT2D eigenvalue weighted by atomic mass is 10.1. The van der Waals surface area contributed by atoms with E-state index < -0.39 is 19.0 Å². The van der Waals surface area contributed by atoms with E-state index in [1.165, 1.54) is 6.20 Å². The molecule has 7 heteroatoms. The number of hydrogen-bond acceptors (Lipinski definition) is 3. The molecule has 0 atom stereocenters. The van der Waals surface area contributed by atoms with E-state index in [0.717, 1.165) is 0 Å². The third-order valence-corrected chi connectivity index (χ3v) is 2.18. The molecule has 0 saturated heterocycles. The molecule has 0 unspecified atom stereocenters. The van der Waals surface area contributed by atoms with Crippen molar-refractivity contribution >= 4 is 0 Å². The lowest BCUT2D eigenvalue weighted by molar-refractivity contribution is -0.148. The Morgan fingerprint density at radius 3 is 2.65 bits per heavy atom. The number of halogens is 4. The van der Waals surface area contributed by atoms with Crippen LogP contribution in [-0.2, 0) is 6.54 Å². The van der Waals surface area contributed by atoms with Gasteiger partial charge in [-0.15, -0.1) is 0 Å². The van der Waals surface area contributed by atoms with Crippen LogP contribution in [0.25, 0.3) is 0 Å². The van der Waals surface area contributed by atoms with Crippen molar-refractivity contribution in [2.75, 3.05) is 6.61 Å². The Morgan fingerprint density at radius 1 is 1.47 bits per heavy atom. The lowest BCUT2D eigenvalue weighted by Crippen LogP contribution is -2.34. The number of alkyl halides is 4. The van der Waals surface area contributed by atoms with Gasteiger partial charge in [0.05, 0.1) is 0 Å². The number of ether oxygens (including phenoxy) is 1. The maximum absolute atomic E-state index is 12.6. The highest BCUT2D eigenvalue weighted by Crippen LogP contribution is 2.25. The third kappa shape index (κ3) is 3.29. The molecule has 0 aromatic carbocycles. The van der Waals surface area contributed by atoms with Crippen LogP contribution < -0.4 is 10.5 Å². The number of pyridine rings is 1. The van der Waals surface area contributed by atoms with Gasteiger partial charge in [0.15, 0.2) is 6.61 Å². The monoisotopic (exact) mass is 252 g/mol.